The molecule has 0 saturated carbocycles. The third kappa shape index (κ3) is 2.73. The van der Waals surface area contributed by atoms with Gasteiger partial charge in [0.1, 0.15) is 5.82 Å². The van der Waals surface area contributed by atoms with Gasteiger partial charge in [-0.25, -0.2) is 9.78 Å². The van der Waals surface area contributed by atoms with Crippen LogP contribution in [0.25, 0.3) is 0 Å². The lowest BCUT2D eigenvalue weighted by Gasteiger charge is -2.14. The molecule has 6 nitrogen and oxygen atoms in total. The Kier molecular flexibility index (Phi) is 3.28. The second-order valence-corrected chi connectivity index (χ2v) is 5.18. The first kappa shape index (κ1) is 11.8. The summed E-state index contributed by atoms with van der Waals surface area (Å²) in [5.74, 6) is 0.340. The van der Waals surface area contributed by atoms with Gasteiger partial charge < -0.3 is 0 Å². The predicted molar refractivity (Wildman–Crippen MR) is 63.9 cm³/mol. The SMILES string of the molecule is CC(=O)SC1CC(=O)N(c2ccnc(=O)[nH]2)C1. The van der Waals surface area contributed by atoms with E-state index in [1.165, 1.54) is 18.0 Å². The van der Waals surface area contributed by atoms with E-state index in [9.17, 15) is 14.4 Å². The third-order valence-corrected chi connectivity index (χ3v) is 3.35. The predicted octanol–water partition coefficient (Wildman–Crippen LogP) is 0.155. The number of rotatable bonds is 2. The van der Waals surface area contributed by atoms with Crippen LogP contribution in [0.2, 0.25) is 0 Å². The summed E-state index contributed by atoms with van der Waals surface area (Å²) in [5.41, 5.74) is -0.488. The van der Waals surface area contributed by atoms with E-state index in [4.69, 9.17) is 0 Å². The van der Waals surface area contributed by atoms with Crippen molar-refractivity contribution in [3.05, 3.63) is 22.7 Å². The van der Waals surface area contributed by atoms with Crippen molar-refractivity contribution in [1.82, 2.24) is 9.97 Å². The zero-order valence-corrected chi connectivity index (χ0v) is 9.99. The lowest BCUT2D eigenvalue weighted by atomic mass is 10.4. The van der Waals surface area contributed by atoms with Crippen LogP contribution in [-0.4, -0.2) is 32.8 Å². The van der Waals surface area contributed by atoms with Crippen molar-refractivity contribution in [3.8, 4) is 0 Å². The lowest BCUT2D eigenvalue weighted by molar-refractivity contribution is -0.117. The number of aromatic nitrogens is 2. The highest BCUT2D eigenvalue weighted by Crippen LogP contribution is 2.26. The van der Waals surface area contributed by atoms with Gasteiger partial charge in [-0.15, -0.1) is 0 Å². The average molecular weight is 253 g/mol. The number of amides is 1. The van der Waals surface area contributed by atoms with Crippen molar-refractivity contribution < 1.29 is 9.59 Å². The van der Waals surface area contributed by atoms with Crippen molar-refractivity contribution in [2.24, 2.45) is 0 Å². The van der Waals surface area contributed by atoms with Gasteiger partial charge in [-0.2, -0.15) is 0 Å². The molecule has 1 unspecified atom stereocenters. The van der Waals surface area contributed by atoms with E-state index in [0.29, 0.717) is 18.8 Å². The van der Waals surface area contributed by atoms with Gasteiger partial charge in [-0.1, -0.05) is 11.8 Å². The fourth-order valence-electron chi connectivity index (χ4n) is 1.74. The van der Waals surface area contributed by atoms with Crippen molar-refractivity contribution >= 4 is 28.6 Å². The maximum absolute atomic E-state index is 11.7. The van der Waals surface area contributed by atoms with E-state index in [-0.39, 0.29) is 16.3 Å². The molecule has 2 rings (SSSR count). The summed E-state index contributed by atoms with van der Waals surface area (Å²) in [6, 6.07) is 1.57. The first-order chi connectivity index (χ1) is 8.06. The zero-order chi connectivity index (χ0) is 12.4. The van der Waals surface area contributed by atoms with Crippen LogP contribution in [-0.2, 0) is 9.59 Å². The molecule has 1 aliphatic rings. The molecule has 1 aromatic heterocycles. The van der Waals surface area contributed by atoms with Gasteiger partial charge in [0.2, 0.25) is 5.91 Å². The zero-order valence-electron chi connectivity index (χ0n) is 9.17. The normalized spacial score (nSPS) is 19.7. The summed E-state index contributed by atoms with van der Waals surface area (Å²) in [5, 5.41) is -0.0514. The van der Waals surface area contributed by atoms with Crippen LogP contribution in [0.5, 0.6) is 0 Å². The first-order valence-electron chi connectivity index (χ1n) is 5.09. The van der Waals surface area contributed by atoms with Crippen LogP contribution in [0.15, 0.2) is 17.1 Å². The van der Waals surface area contributed by atoms with Crippen LogP contribution < -0.4 is 10.6 Å². The number of carbonyl (C=O) groups is 2. The standard InChI is InChI=1S/C10H11N3O3S/c1-6(14)17-7-4-9(15)13(5-7)8-2-3-11-10(16)12-8/h2-3,7H,4-5H2,1H3,(H,11,12,16). The van der Waals surface area contributed by atoms with E-state index < -0.39 is 5.69 Å². The fraction of sp³-hybridized carbons (Fsp3) is 0.400. The van der Waals surface area contributed by atoms with Gasteiger partial charge in [-0.05, 0) is 6.07 Å². The summed E-state index contributed by atoms with van der Waals surface area (Å²) in [4.78, 5) is 41.2. The molecular weight excluding hydrogens is 242 g/mol. The van der Waals surface area contributed by atoms with Crippen LogP contribution >= 0.6 is 11.8 Å². The van der Waals surface area contributed by atoms with Crippen molar-refractivity contribution in [1.29, 1.82) is 0 Å². The Morgan fingerprint density at radius 2 is 2.35 bits per heavy atom. The quantitative estimate of drug-likeness (QED) is 0.811. The fourth-order valence-corrected chi connectivity index (χ4v) is 2.66. The largest absolute Gasteiger partial charge is 0.346 e. The van der Waals surface area contributed by atoms with Gasteiger partial charge >= 0.3 is 5.69 Å². The van der Waals surface area contributed by atoms with Gasteiger partial charge in [0, 0.05) is 31.3 Å². The minimum atomic E-state index is -0.488. The number of hydrogen-bond acceptors (Lipinski definition) is 5. The lowest BCUT2D eigenvalue weighted by Crippen LogP contribution is -2.28. The molecule has 17 heavy (non-hydrogen) atoms. The second-order valence-electron chi connectivity index (χ2n) is 3.70. The molecular formula is C10H11N3O3S. The van der Waals surface area contributed by atoms with Crippen molar-refractivity contribution in [2.75, 3.05) is 11.4 Å². The summed E-state index contributed by atoms with van der Waals surface area (Å²) >= 11 is 1.16. The molecule has 1 saturated heterocycles. The molecule has 7 heteroatoms. The van der Waals surface area contributed by atoms with Crippen LogP contribution in [0.3, 0.4) is 0 Å². The molecule has 90 valence electrons. The molecule has 1 atom stereocenters. The number of carbonyl (C=O) groups excluding carboxylic acids is 2. The van der Waals surface area contributed by atoms with E-state index in [2.05, 4.69) is 9.97 Å². The molecule has 1 aromatic rings. The molecule has 1 amide bonds. The summed E-state index contributed by atoms with van der Waals surface area (Å²) < 4.78 is 0. The minimum Gasteiger partial charge on any atom is -0.297 e. The summed E-state index contributed by atoms with van der Waals surface area (Å²) in [7, 11) is 0. The average Bonchev–Trinajstić information content (AvgIpc) is 2.58. The molecule has 1 aliphatic heterocycles. The molecule has 1 fully saturated rings. The summed E-state index contributed by atoms with van der Waals surface area (Å²) in [6.45, 7) is 1.91. The second kappa shape index (κ2) is 4.70. The number of anilines is 1. The smallest absolute Gasteiger partial charge is 0.297 e. The number of hydrogen-bond donors (Lipinski definition) is 1. The van der Waals surface area contributed by atoms with Crippen LogP contribution in [0.4, 0.5) is 5.82 Å². The molecule has 2 heterocycles. The Balaban J connectivity index is 2.15. The highest BCUT2D eigenvalue weighted by molar-refractivity contribution is 8.14. The Hall–Kier alpha value is -1.63. The van der Waals surface area contributed by atoms with Crippen LogP contribution in [0, 0.1) is 0 Å². The molecule has 0 spiro atoms. The monoisotopic (exact) mass is 253 g/mol. The third-order valence-electron chi connectivity index (χ3n) is 2.37. The molecule has 0 aliphatic carbocycles. The van der Waals surface area contributed by atoms with E-state index in [0.717, 1.165) is 11.8 Å². The molecule has 0 bridgehead atoms. The number of H-pyrrole nitrogens is 1. The van der Waals surface area contributed by atoms with Crippen LogP contribution in [0.1, 0.15) is 13.3 Å². The molecule has 0 aromatic carbocycles. The maximum Gasteiger partial charge on any atom is 0.346 e. The topological polar surface area (TPSA) is 83.1 Å². The highest BCUT2D eigenvalue weighted by Gasteiger charge is 2.32. The Morgan fingerprint density at radius 1 is 1.59 bits per heavy atom. The highest BCUT2D eigenvalue weighted by atomic mass is 32.2. The Morgan fingerprint density at radius 3 is 3.00 bits per heavy atom. The molecule has 0 radical (unpaired) electrons. The summed E-state index contributed by atoms with van der Waals surface area (Å²) in [6.07, 6.45) is 1.67. The number of thioether (sulfide) groups is 1. The van der Waals surface area contributed by atoms with Gasteiger partial charge in [0.15, 0.2) is 5.12 Å². The van der Waals surface area contributed by atoms with Gasteiger partial charge in [-0.3, -0.25) is 19.5 Å². The number of aromatic amines is 1. The first-order valence-corrected chi connectivity index (χ1v) is 5.97. The number of nitrogens with zero attached hydrogens (tertiary/aromatic N) is 2. The van der Waals surface area contributed by atoms with E-state index in [1.54, 1.807) is 6.07 Å². The van der Waals surface area contributed by atoms with E-state index in [1.807, 2.05) is 0 Å². The van der Waals surface area contributed by atoms with E-state index >= 15 is 0 Å². The Labute approximate surface area is 101 Å². The maximum atomic E-state index is 11.7. The van der Waals surface area contributed by atoms with Gasteiger partial charge in [0.25, 0.3) is 0 Å². The van der Waals surface area contributed by atoms with Crippen molar-refractivity contribution in [2.45, 2.75) is 18.6 Å². The molecule has 1 N–H and O–H groups in total. The minimum absolute atomic E-state index is 0.00660. The number of nitrogens with one attached hydrogen (secondary N) is 1. The van der Waals surface area contributed by atoms with Gasteiger partial charge in [0.05, 0.1) is 0 Å². The Bertz CT molecular complexity index is 514. The van der Waals surface area contributed by atoms with Crippen molar-refractivity contribution in [3.63, 3.8) is 0 Å².